The van der Waals surface area contributed by atoms with E-state index >= 15 is 0 Å². The van der Waals surface area contributed by atoms with Crippen LogP contribution < -0.4 is 15.8 Å². The maximum Gasteiger partial charge on any atom is 0.268 e. The van der Waals surface area contributed by atoms with Crippen LogP contribution in [0.25, 0.3) is 4.96 Å². The lowest BCUT2D eigenvalue weighted by Crippen LogP contribution is -2.32. The molecule has 3 aromatic rings. The summed E-state index contributed by atoms with van der Waals surface area (Å²) >= 11 is 1.55. The molecular weight excluding hydrogens is 352 g/mol. The van der Waals surface area contributed by atoms with Crippen LogP contribution in [0, 0.1) is 5.92 Å². The quantitative estimate of drug-likeness (QED) is 0.712. The highest BCUT2D eigenvalue weighted by Gasteiger charge is 2.23. The molecule has 1 unspecified atom stereocenters. The molecule has 4 rings (SSSR count). The zero-order valence-electron chi connectivity index (χ0n) is 14.5. The molecule has 26 heavy (non-hydrogen) atoms. The van der Waals surface area contributed by atoms with Crippen molar-refractivity contribution < 1.29 is 4.79 Å². The van der Waals surface area contributed by atoms with E-state index in [1.165, 1.54) is 4.68 Å². The number of anilines is 1. The van der Waals surface area contributed by atoms with Gasteiger partial charge in [0.25, 0.3) is 5.56 Å². The molecule has 1 N–H and O–H groups in total. The lowest BCUT2D eigenvalue weighted by Gasteiger charge is -2.18. The van der Waals surface area contributed by atoms with Crippen molar-refractivity contribution in [3.8, 4) is 0 Å². The van der Waals surface area contributed by atoms with Gasteiger partial charge in [0.2, 0.25) is 5.91 Å². The number of hydrogen-bond donors (Lipinski definition) is 1. The summed E-state index contributed by atoms with van der Waals surface area (Å²) in [6.45, 7) is 2.32. The average molecular weight is 372 g/mol. The molecule has 1 saturated heterocycles. The fourth-order valence-corrected chi connectivity index (χ4v) is 3.93. The highest BCUT2D eigenvalue weighted by Crippen LogP contribution is 2.21. The molecule has 3 aromatic heterocycles. The van der Waals surface area contributed by atoms with E-state index in [-0.39, 0.29) is 11.5 Å². The van der Waals surface area contributed by atoms with Gasteiger partial charge in [-0.05, 0) is 12.3 Å². The number of aryl methyl sites for hydroxylation is 1. The monoisotopic (exact) mass is 372 g/mol. The van der Waals surface area contributed by atoms with Gasteiger partial charge in [0, 0.05) is 50.5 Å². The van der Waals surface area contributed by atoms with Crippen molar-refractivity contribution in [2.45, 2.75) is 12.8 Å². The van der Waals surface area contributed by atoms with Crippen LogP contribution in [0.4, 0.5) is 5.69 Å². The molecule has 0 bridgehead atoms. The minimum absolute atomic E-state index is 0.00977. The van der Waals surface area contributed by atoms with Crippen LogP contribution in [0.15, 0.2) is 34.8 Å². The summed E-state index contributed by atoms with van der Waals surface area (Å²) in [4.78, 5) is 31.4. The molecule has 1 aliphatic rings. The second-order valence-electron chi connectivity index (χ2n) is 6.58. The van der Waals surface area contributed by atoms with Crippen molar-refractivity contribution >= 4 is 27.9 Å². The Labute approximate surface area is 154 Å². The van der Waals surface area contributed by atoms with Gasteiger partial charge in [0.05, 0.1) is 24.0 Å². The Hall–Kier alpha value is -2.68. The van der Waals surface area contributed by atoms with Crippen molar-refractivity contribution in [3.05, 3.63) is 46.1 Å². The number of aromatic nitrogens is 4. The molecule has 0 aliphatic carbocycles. The normalized spacial score (nSPS) is 17.1. The third-order valence-corrected chi connectivity index (χ3v) is 5.45. The first kappa shape index (κ1) is 16.8. The lowest BCUT2D eigenvalue weighted by atomic mass is 10.1. The molecular formula is C17H20N6O2S. The number of fused-ring (bicyclic) bond motifs is 1. The second-order valence-corrected chi connectivity index (χ2v) is 7.46. The van der Waals surface area contributed by atoms with Gasteiger partial charge >= 0.3 is 0 Å². The molecule has 136 valence electrons. The predicted molar refractivity (Wildman–Crippen MR) is 99.6 cm³/mol. The van der Waals surface area contributed by atoms with Crippen LogP contribution in [0.3, 0.4) is 0 Å². The molecule has 1 fully saturated rings. The van der Waals surface area contributed by atoms with Crippen LogP contribution in [0.1, 0.15) is 12.1 Å². The Morgan fingerprint density at radius 1 is 1.46 bits per heavy atom. The van der Waals surface area contributed by atoms with Crippen molar-refractivity contribution in [3.63, 3.8) is 0 Å². The van der Waals surface area contributed by atoms with Gasteiger partial charge in [0.1, 0.15) is 0 Å². The lowest BCUT2D eigenvalue weighted by molar-refractivity contribution is -0.120. The van der Waals surface area contributed by atoms with Crippen LogP contribution in [0.5, 0.6) is 0 Å². The van der Waals surface area contributed by atoms with E-state index in [0.29, 0.717) is 18.9 Å². The predicted octanol–water partition coefficient (Wildman–Crippen LogP) is 0.675. The number of carbonyl (C=O) groups excluding carboxylic acids is 1. The van der Waals surface area contributed by atoms with Crippen molar-refractivity contribution in [1.29, 1.82) is 0 Å². The molecule has 0 spiro atoms. The molecule has 1 aliphatic heterocycles. The summed E-state index contributed by atoms with van der Waals surface area (Å²) in [5, 5.41) is 9.05. The number of hydrogen-bond acceptors (Lipinski definition) is 6. The SMILES string of the molecule is Cn1ncc(N2CCC(CNC(=O)Cc3cn4ccsc4n3)C2)cc1=O. The number of rotatable bonds is 5. The first-order chi connectivity index (χ1) is 12.6. The van der Waals surface area contributed by atoms with E-state index in [9.17, 15) is 9.59 Å². The van der Waals surface area contributed by atoms with Gasteiger partial charge in [-0.15, -0.1) is 11.3 Å². The smallest absolute Gasteiger partial charge is 0.268 e. The van der Waals surface area contributed by atoms with Gasteiger partial charge in [-0.1, -0.05) is 0 Å². The molecule has 1 atom stereocenters. The van der Waals surface area contributed by atoms with Crippen LogP contribution in [0.2, 0.25) is 0 Å². The summed E-state index contributed by atoms with van der Waals surface area (Å²) in [7, 11) is 1.64. The fourth-order valence-electron chi connectivity index (χ4n) is 3.21. The number of nitrogens with zero attached hydrogens (tertiary/aromatic N) is 5. The van der Waals surface area contributed by atoms with E-state index in [1.54, 1.807) is 30.6 Å². The molecule has 0 saturated carbocycles. The number of nitrogens with one attached hydrogen (secondary N) is 1. The van der Waals surface area contributed by atoms with Crippen LogP contribution in [-0.4, -0.2) is 44.7 Å². The summed E-state index contributed by atoms with van der Waals surface area (Å²) in [5.41, 5.74) is 1.52. The average Bonchev–Trinajstić information content (AvgIpc) is 3.31. The fraction of sp³-hybridized carbons (Fsp3) is 0.412. The minimum Gasteiger partial charge on any atom is -0.370 e. The first-order valence-electron chi connectivity index (χ1n) is 8.54. The Balaban J connectivity index is 1.28. The third-order valence-electron chi connectivity index (χ3n) is 4.68. The molecule has 0 radical (unpaired) electrons. The topological polar surface area (TPSA) is 84.5 Å². The largest absolute Gasteiger partial charge is 0.370 e. The van der Waals surface area contributed by atoms with E-state index in [1.807, 2.05) is 22.2 Å². The van der Waals surface area contributed by atoms with Gasteiger partial charge < -0.3 is 10.2 Å². The summed E-state index contributed by atoms with van der Waals surface area (Å²) in [6, 6.07) is 1.61. The number of amides is 1. The van der Waals surface area contributed by atoms with Gasteiger partial charge in [-0.25, -0.2) is 9.67 Å². The second kappa shape index (κ2) is 6.91. The summed E-state index contributed by atoms with van der Waals surface area (Å²) in [5.74, 6) is 0.359. The van der Waals surface area contributed by atoms with E-state index in [4.69, 9.17) is 0 Å². The van der Waals surface area contributed by atoms with Crippen LogP contribution in [-0.2, 0) is 18.3 Å². The molecule has 1 amide bonds. The third kappa shape index (κ3) is 3.48. The number of carbonyl (C=O) groups is 1. The number of imidazole rings is 1. The van der Waals surface area contributed by atoms with Gasteiger partial charge in [0.15, 0.2) is 4.96 Å². The molecule has 9 heteroatoms. The van der Waals surface area contributed by atoms with E-state index in [2.05, 4.69) is 20.3 Å². The van der Waals surface area contributed by atoms with Crippen molar-refractivity contribution in [2.75, 3.05) is 24.5 Å². The van der Waals surface area contributed by atoms with E-state index in [0.717, 1.165) is 35.9 Å². The van der Waals surface area contributed by atoms with Crippen molar-refractivity contribution in [1.82, 2.24) is 24.5 Å². The summed E-state index contributed by atoms with van der Waals surface area (Å²) in [6.07, 6.45) is 6.82. The molecule has 4 heterocycles. The first-order valence-corrected chi connectivity index (χ1v) is 9.42. The number of thiazole rings is 1. The van der Waals surface area contributed by atoms with Gasteiger partial charge in [-0.3, -0.25) is 14.0 Å². The Morgan fingerprint density at radius 2 is 2.35 bits per heavy atom. The van der Waals surface area contributed by atoms with Crippen LogP contribution >= 0.6 is 11.3 Å². The maximum atomic E-state index is 12.2. The molecule has 8 nitrogen and oxygen atoms in total. The summed E-state index contributed by atoms with van der Waals surface area (Å²) < 4.78 is 3.25. The minimum atomic E-state index is -0.112. The Bertz CT molecular complexity index is 962. The Morgan fingerprint density at radius 3 is 3.15 bits per heavy atom. The maximum absolute atomic E-state index is 12.2. The van der Waals surface area contributed by atoms with Crippen molar-refractivity contribution in [2.24, 2.45) is 13.0 Å². The molecule has 0 aromatic carbocycles. The van der Waals surface area contributed by atoms with E-state index < -0.39 is 0 Å². The highest BCUT2D eigenvalue weighted by atomic mass is 32.1. The standard InChI is InChI=1S/C17H20N6O2S/c1-21-16(25)7-14(9-19-21)22-3-2-12(10-22)8-18-15(24)6-13-11-23-4-5-26-17(23)20-13/h4-5,7,9,11-12H,2-3,6,8,10H2,1H3,(H,18,24). The Kier molecular flexibility index (Phi) is 4.46. The van der Waals surface area contributed by atoms with Gasteiger partial charge in [-0.2, -0.15) is 5.10 Å². The zero-order chi connectivity index (χ0) is 18.1. The zero-order valence-corrected chi connectivity index (χ0v) is 15.3. The highest BCUT2D eigenvalue weighted by molar-refractivity contribution is 7.15.